The normalized spacial score (nSPS) is 44.3. The van der Waals surface area contributed by atoms with E-state index in [-0.39, 0.29) is 41.2 Å². The van der Waals surface area contributed by atoms with Crippen LogP contribution in [0.1, 0.15) is 79.1 Å². The first-order valence-electron chi connectivity index (χ1n) is 11.3. The predicted molar refractivity (Wildman–Crippen MR) is 117 cm³/mol. The second kappa shape index (κ2) is 8.00. The lowest BCUT2D eigenvalue weighted by Gasteiger charge is -2.58. The molecule has 0 heterocycles. The third-order valence-electron chi connectivity index (χ3n) is 9.20. The molecule has 0 aromatic heterocycles. The van der Waals surface area contributed by atoms with Crippen LogP contribution in [-0.2, 0) is 14.3 Å². The van der Waals surface area contributed by atoms with Gasteiger partial charge in [0.2, 0.25) is 0 Å². The van der Waals surface area contributed by atoms with E-state index in [0.717, 1.165) is 31.6 Å². The maximum atomic E-state index is 12.3. The van der Waals surface area contributed by atoms with Gasteiger partial charge in [-0.1, -0.05) is 19.4 Å². The van der Waals surface area contributed by atoms with Gasteiger partial charge in [0.1, 0.15) is 17.9 Å². The van der Waals surface area contributed by atoms with Crippen molar-refractivity contribution in [1.29, 1.82) is 0 Å². The Bertz CT molecular complexity index is 704. The highest BCUT2D eigenvalue weighted by Gasteiger charge is 2.59. The quantitative estimate of drug-likeness (QED) is 0.521. The minimum atomic E-state index is -0.560. The summed E-state index contributed by atoms with van der Waals surface area (Å²) in [7, 11) is 0. The van der Waals surface area contributed by atoms with Crippen LogP contribution in [-0.4, -0.2) is 23.9 Å². The standard InChI is InChI=1S/C24H37NO3.ClH/c1-14(25)22(27)28-17-9-11-23(3)16(13-17)5-6-18-20-8-7-19(15(2)26)24(20,4)12-10-21(18)23;/h13-14,17-21H,5-12,25H2,1-4H3;1H/t14-,17-,18-,19+,20-,21-,23-,24+;/m0./s1. The molecule has 5 heteroatoms. The van der Waals surface area contributed by atoms with E-state index in [2.05, 4.69) is 19.9 Å². The highest BCUT2D eigenvalue weighted by molar-refractivity contribution is 5.85. The van der Waals surface area contributed by atoms with Crippen LogP contribution in [0.15, 0.2) is 11.6 Å². The number of esters is 1. The summed E-state index contributed by atoms with van der Waals surface area (Å²) < 4.78 is 5.63. The van der Waals surface area contributed by atoms with Crippen LogP contribution in [0.5, 0.6) is 0 Å². The van der Waals surface area contributed by atoms with Crippen molar-refractivity contribution in [2.24, 2.45) is 40.2 Å². The smallest absolute Gasteiger partial charge is 0.323 e. The molecule has 4 aliphatic carbocycles. The Kier molecular flexibility index (Phi) is 6.29. The number of Topliss-reactive ketones (excluding diaryl/α,β-unsaturated/α-hetero) is 1. The topological polar surface area (TPSA) is 69.4 Å². The zero-order valence-corrected chi connectivity index (χ0v) is 19.2. The number of hydrogen-bond donors (Lipinski definition) is 1. The van der Waals surface area contributed by atoms with Crippen molar-refractivity contribution in [1.82, 2.24) is 0 Å². The molecular formula is C24H38ClNO3. The first-order chi connectivity index (χ1) is 13.2. The van der Waals surface area contributed by atoms with Crippen LogP contribution in [0.3, 0.4) is 0 Å². The second-order valence-corrected chi connectivity index (χ2v) is 10.6. The Hall–Kier alpha value is -0.870. The zero-order valence-electron chi connectivity index (χ0n) is 18.4. The summed E-state index contributed by atoms with van der Waals surface area (Å²) in [6, 6.07) is -0.560. The van der Waals surface area contributed by atoms with Crippen molar-refractivity contribution in [3.8, 4) is 0 Å². The summed E-state index contributed by atoms with van der Waals surface area (Å²) in [6.07, 6.45) is 11.2. The van der Waals surface area contributed by atoms with Crippen molar-refractivity contribution < 1.29 is 14.3 Å². The van der Waals surface area contributed by atoms with Crippen LogP contribution < -0.4 is 5.73 Å². The van der Waals surface area contributed by atoms with Crippen LogP contribution in [0.25, 0.3) is 0 Å². The molecule has 2 N–H and O–H groups in total. The van der Waals surface area contributed by atoms with Gasteiger partial charge in [-0.2, -0.15) is 0 Å². The van der Waals surface area contributed by atoms with Crippen molar-refractivity contribution in [2.45, 2.75) is 91.2 Å². The highest BCUT2D eigenvalue weighted by atomic mass is 35.5. The number of carbonyl (C=O) groups excluding carboxylic acids is 2. The minimum Gasteiger partial charge on any atom is -0.457 e. The molecule has 3 saturated carbocycles. The fourth-order valence-corrected chi connectivity index (χ4v) is 7.71. The summed E-state index contributed by atoms with van der Waals surface area (Å²) in [6.45, 7) is 8.35. The van der Waals surface area contributed by atoms with Gasteiger partial charge >= 0.3 is 5.97 Å². The van der Waals surface area contributed by atoms with Crippen LogP contribution >= 0.6 is 12.4 Å². The molecule has 164 valence electrons. The number of ether oxygens (including phenoxy) is 1. The van der Waals surface area contributed by atoms with Gasteiger partial charge in [0.15, 0.2) is 0 Å². The highest BCUT2D eigenvalue weighted by Crippen LogP contribution is 2.66. The van der Waals surface area contributed by atoms with Gasteiger partial charge in [0.05, 0.1) is 0 Å². The van der Waals surface area contributed by atoms with Gasteiger partial charge in [-0.3, -0.25) is 9.59 Å². The lowest BCUT2D eigenvalue weighted by atomic mass is 9.46. The van der Waals surface area contributed by atoms with Crippen molar-refractivity contribution in [3.05, 3.63) is 11.6 Å². The fraction of sp³-hybridized carbons (Fsp3) is 0.833. The Morgan fingerprint density at radius 3 is 2.48 bits per heavy atom. The van der Waals surface area contributed by atoms with Gasteiger partial charge in [0, 0.05) is 5.92 Å². The molecule has 0 radical (unpaired) electrons. The zero-order chi connectivity index (χ0) is 20.3. The lowest BCUT2D eigenvalue weighted by molar-refractivity contribution is -0.149. The molecule has 0 aromatic rings. The lowest BCUT2D eigenvalue weighted by Crippen LogP contribution is -2.51. The van der Waals surface area contributed by atoms with Crippen molar-refractivity contribution in [2.75, 3.05) is 0 Å². The number of carbonyl (C=O) groups is 2. The van der Waals surface area contributed by atoms with Gasteiger partial charge in [-0.25, -0.2) is 0 Å². The van der Waals surface area contributed by atoms with E-state index in [1.54, 1.807) is 13.8 Å². The Balaban J connectivity index is 0.00000240. The SMILES string of the molecule is CC(=O)[C@H]1CC[C@H]2[C@@H]3CCC4=C[C@@H](OC(=O)[C@H](C)N)CC[C@]4(C)[C@H]3CC[C@]12C.Cl. The van der Waals surface area contributed by atoms with E-state index in [4.69, 9.17) is 10.5 Å². The third kappa shape index (κ3) is 3.59. The van der Waals surface area contributed by atoms with Crippen LogP contribution in [0.2, 0.25) is 0 Å². The number of halogens is 1. The van der Waals surface area contributed by atoms with Crippen molar-refractivity contribution >= 4 is 24.2 Å². The summed E-state index contributed by atoms with van der Waals surface area (Å²) in [5.41, 5.74) is 7.63. The average Bonchev–Trinajstić information content (AvgIpc) is 2.99. The van der Waals surface area contributed by atoms with Gasteiger partial charge < -0.3 is 10.5 Å². The van der Waals surface area contributed by atoms with E-state index in [1.807, 2.05) is 0 Å². The number of nitrogens with two attached hydrogens (primary N) is 1. The molecule has 0 aliphatic heterocycles. The number of hydrogen-bond acceptors (Lipinski definition) is 4. The van der Waals surface area contributed by atoms with E-state index < -0.39 is 6.04 Å². The predicted octanol–water partition coefficient (Wildman–Crippen LogP) is 4.84. The number of fused-ring (bicyclic) bond motifs is 5. The van der Waals surface area contributed by atoms with E-state index >= 15 is 0 Å². The molecule has 8 atom stereocenters. The average molecular weight is 424 g/mol. The van der Waals surface area contributed by atoms with Crippen LogP contribution in [0, 0.1) is 34.5 Å². The Labute approximate surface area is 181 Å². The number of allylic oxidation sites excluding steroid dienone is 1. The summed E-state index contributed by atoms with van der Waals surface area (Å²) in [4.78, 5) is 24.2. The molecule has 0 amide bonds. The maximum Gasteiger partial charge on any atom is 0.323 e. The number of rotatable bonds is 3. The molecule has 4 aliphatic rings. The first-order valence-corrected chi connectivity index (χ1v) is 11.3. The molecule has 4 rings (SSSR count). The monoisotopic (exact) mass is 423 g/mol. The summed E-state index contributed by atoms with van der Waals surface area (Å²) in [5, 5.41) is 0. The Morgan fingerprint density at radius 1 is 1.10 bits per heavy atom. The molecule has 29 heavy (non-hydrogen) atoms. The van der Waals surface area contributed by atoms with Gasteiger partial charge in [-0.15, -0.1) is 12.4 Å². The van der Waals surface area contributed by atoms with E-state index in [1.165, 1.54) is 31.3 Å². The maximum absolute atomic E-state index is 12.3. The molecule has 0 aromatic carbocycles. The molecule has 4 nitrogen and oxygen atoms in total. The minimum absolute atomic E-state index is 0. The molecule has 0 saturated heterocycles. The number of ketones is 1. The largest absolute Gasteiger partial charge is 0.457 e. The van der Waals surface area contributed by atoms with E-state index in [9.17, 15) is 9.59 Å². The fourth-order valence-electron chi connectivity index (χ4n) is 7.71. The van der Waals surface area contributed by atoms with Crippen molar-refractivity contribution in [3.63, 3.8) is 0 Å². The molecule has 0 unspecified atom stereocenters. The molecular weight excluding hydrogens is 386 g/mol. The molecule has 0 spiro atoms. The first kappa shape index (κ1) is 22.8. The van der Waals surface area contributed by atoms with Crippen LogP contribution in [0.4, 0.5) is 0 Å². The Morgan fingerprint density at radius 2 is 1.83 bits per heavy atom. The van der Waals surface area contributed by atoms with E-state index in [0.29, 0.717) is 17.6 Å². The summed E-state index contributed by atoms with van der Waals surface area (Å²) >= 11 is 0. The molecule has 0 bridgehead atoms. The third-order valence-corrected chi connectivity index (χ3v) is 9.20. The van der Waals surface area contributed by atoms with Gasteiger partial charge in [0.25, 0.3) is 0 Å². The summed E-state index contributed by atoms with van der Waals surface area (Å²) in [5.74, 6) is 2.54. The molecule has 3 fully saturated rings. The van der Waals surface area contributed by atoms with Gasteiger partial charge in [-0.05, 0) is 99.9 Å². The second-order valence-electron chi connectivity index (χ2n) is 10.6.